The van der Waals surface area contributed by atoms with Gasteiger partial charge in [-0.15, -0.1) is 6.42 Å². The van der Waals surface area contributed by atoms with Gasteiger partial charge in [0.05, 0.1) is 12.1 Å². The fraction of sp³-hybridized carbons (Fsp3) is 0.0833. The van der Waals surface area contributed by atoms with Crippen LogP contribution in [0.5, 0.6) is 0 Å². The van der Waals surface area contributed by atoms with Gasteiger partial charge in [-0.1, -0.05) is 30.2 Å². The zero-order valence-corrected chi connectivity index (χ0v) is 7.85. The van der Waals surface area contributed by atoms with Crippen molar-refractivity contribution in [2.45, 2.75) is 0 Å². The maximum absolute atomic E-state index is 4.79. The minimum atomic E-state index is 0.347. The van der Waals surface area contributed by atoms with Crippen molar-refractivity contribution in [2.24, 2.45) is 5.73 Å². The van der Waals surface area contributed by atoms with E-state index in [1.807, 2.05) is 30.5 Å². The normalized spacial score (nSPS) is 8.57. The van der Waals surface area contributed by atoms with Crippen LogP contribution in [0.4, 0.5) is 0 Å². The second-order valence-electron chi connectivity index (χ2n) is 2.60. The molecule has 0 saturated heterocycles. The first-order valence-electron chi connectivity index (χ1n) is 4.31. The van der Waals surface area contributed by atoms with E-state index in [1.165, 1.54) is 5.39 Å². The predicted molar refractivity (Wildman–Crippen MR) is 59.6 cm³/mol. The van der Waals surface area contributed by atoms with E-state index in [9.17, 15) is 0 Å². The molecule has 2 N–H and O–H groups in total. The van der Waals surface area contributed by atoms with Crippen molar-refractivity contribution in [3.05, 3.63) is 42.6 Å². The first-order chi connectivity index (χ1) is 6.88. The number of terminal acetylenes is 1. The van der Waals surface area contributed by atoms with Crippen LogP contribution >= 0.6 is 0 Å². The van der Waals surface area contributed by atoms with E-state index in [4.69, 9.17) is 5.73 Å². The molecule has 0 radical (unpaired) electrons. The summed E-state index contributed by atoms with van der Waals surface area (Å²) in [4.78, 5) is 4.18. The lowest BCUT2D eigenvalue weighted by molar-refractivity contribution is 1.30. The van der Waals surface area contributed by atoms with E-state index in [-0.39, 0.29) is 0 Å². The summed E-state index contributed by atoms with van der Waals surface area (Å²) in [6.45, 7) is 0.347. The smallest absolute Gasteiger partial charge is 0.0701 e. The van der Waals surface area contributed by atoms with Crippen LogP contribution in [-0.4, -0.2) is 11.5 Å². The largest absolute Gasteiger partial charge is 0.320 e. The predicted octanol–water partition coefficient (Wildman–Crippen LogP) is 1.81. The Bertz CT molecular complexity index is 364. The topological polar surface area (TPSA) is 38.9 Å². The van der Waals surface area contributed by atoms with Crippen molar-refractivity contribution >= 4 is 10.9 Å². The molecule has 0 aliphatic rings. The Morgan fingerprint density at radius 3 is 2.50 bits per heavy atom. The third-order valence-electron chi connectivity index (χ3n) is 1.63. The van der Waals surface area contributed by atoms with Crippen molar-refractivity contribution < 1.29 is 0 Å². The SMILES string of the molecule is C#CCN.c1ccc2ncccc2c1. The molecule has 0 fully saturated rings. The van der Waals surface area contributed by atoms with Gasteiger partial charge in [-0.2, -0.15) is 0 Å². The number of benzene rings is 1. The highest BCUT2D eigenvalue weighted by atomic mass is 14.6. The van der Waals surface area contributed by atoms with Crippen molar-refractivity contribution in [2.75, 3.05) is 6.54 Å². The van der Waals surface area contributed by atoms with Crippen LogP contribution in [-0.2, 0) is 0 Å². The Balaban J connectivity index is 0.000000213. The Morgan fingerprint density at radius 1 is 1.21 bits per heavy atom. The van der Waals surface area contributed by atoms with Crippen molar-refractivity contribution in [1.29, 1.82) is 0 Å². The summed E-state index contributed by atoms with van der Waals surface area (Å²) in [5.41, 5.74) is 5.85. The van der Waals surface area contributed by atoms with E-state index in [0.717, 1.165) is 5.52 Å². The molecule has 70 valence electrons. The van der Waals surface area contributed by atoms with Gasteiger partial charge < -0.3 is 5.73 Å². The minimum Gasteiger partial charge on any atom is -0.320 e. The molecule has 2 nitrogen and oxygen atoms in total. The maximum atomic E-state index is 4.79. The van der Waals surface area contributed by atoms with E-state index in [1.54, 1.807) is 0 Å². The first-order valence-corrected chi connectivity index (χ1v) is 4.31. The highest BCUT2D eigenvalue weighted by Crippen LogP contribution is 2.07. The summed E-state index contributed by atoms with van der Waals surface area (Å²) in [6, 6.07) is 12.1. The van der Waals surface area contributed by atoms with Crippen molar-refractivity contribution in [3.63, 3.8) is 0 Å². The number of para-hydroxylation sites is 1. The summed E-state index contributed by atoms with van der Waals surface area (Å²) < 4.78 is 0. The van der Waals surface area contributed by atoms with Gasteiger partial charge in [0, 0.05) is 11.6 Å². The number of pyridine rings is 1. The molecule has 1 aromatic carbocycles. The number of nitrogens with two attached hydrogens (primary N) is 1. The van der Waals surface area contributed by atoms with Crippen LogP contribution in [0.1, 0.15) is 0 Å². The van der Waals surface area contributed by atoms with Gasteiger partial charge in [-0.25, -0.2) is 0 Å². The number of hydrogen-bond acceptors (Lipinski definition) is 2. The Kier molecular flexibility index (Phi) is 4.19. The fourth-order valence-corrected chi connectivity index (χ4v) is 1.02. The van der Waals surface area contributed by atoms with E-state index < -0.39 is 0 Å². The standard InChI is InChI=1S/C9H7N.C3H5N/c1-2-6-9-8(4-1)5-3-7-10-9;1-2-3-4/h1-7H;1H,3-4H2. The fourth-order valence-electron chi connectivity index (χ4n) is 1.02. The summed E-state index contributed by atoms with van der Waals surface area (Å²) in [6.07, 6.45) is 6.46. The van der Waals surface area contributed by atoms with E-state index in [0.29, 0.717) is 6.54 Å². The molecule has 1 aromatic heterocycles. The zero-order valence-electron chi connectivity index (χ0n) is 7.85. The van der Waals surface area contributed by atoms with Gasteiger partial charge in [0.1, 0.15) is 0 Å². The van der Waals surface area contributed by atoms with Gasteiger partial charge >= 0.3 is 0 Å². The number of nitrogens with zero attached hydrogens (tertiary/aromatic N) is 1. The Morgan fingerprint density at radius 2 is 1.86 bits per heavy atom. The number of fused-ring (bicyclic) bond motifs is 1. The van der Waals surface area contributed by atoms with Crippen molar-refractivity contribution in [3.8, 4) is 12.3 Å². The zero-order chi connectivity index (χ0) is 10.2. The quantitative estimate of drug-likeness (QED) is 0.634. The lowest BCUT2D eigenvalue weighted by atomic mass is 10.2. The summed E-state index contributed by atoms with van der Waals surface area (Å²) in [5.74, 6) is 2.21. The highest BCUT2D eigenvalue weighted by Gasteiger charge is 1.86. The van der Waals surface area contributed by atoms with Crippen LogP contribution < -0.4 is 5.73 Å². The molecule has 1 heterocycles. The third kappa shape index (κ3) is 2.89. The molecule has 0 unspecified atom stereocenters. The van der Waals surface area contributed by atoms with Crippen LogP contribution in [0, 0.1) is 12.3 Å². The highest BCUT2D eigenvalue weighted by molar-refractivity contribution is 5.77. The Hall–Kier alpha value is -1.85. The lowest BCUT2D eigenvalue weighted by Crippen LogP contribution is -1.91. The molecule has 14 heavy (non-hydrogen) atoms. The molecule has 0 amide bonds. The van der Waals surface area contributed by atoms with E-state index in [2.05, 4.69) is 29.5 Å². The summed E-state index contributed by atoms with van der Waals surface area (Å²) >= 11 is 0. The van der Waals surface area contributed by atoms with Crippen molar-refractivity contribution in [1.82, 2.24) is 4.98 Å². The second kappa shape index (κ2) is 5.74. The maximum Gasteiger partial charge on any atom is 0.0701 e. The van der Waals surface area contributed by atoms with Crippen LogP contribution in [0.25, 0.3) is 10.9 Å². The molecular weight excluding hydrogens is 172 g/mol. The number of rotatable bonds is 0. The molecule has 0 saturated carbocycles. The van der Waals surface area contributed by atoms with E-state index >= 15 is 0 Å². The van der Waals surface area contributed by atoms with Gasteiger partial charge in [0.15, 0.2) is 0 Å². The molecule has 2 aromatic rings. The molecule has 0 atom stereocenters. The van der Waals surface area contributed by atoms with Gasteiger partial charge in [-0.05, 0) is 12.1 Å². The molecule has 0 aliphatic carbocycles. The molecule has 0 bridgehead atoms. The Labute approximate surface area is 83.8 Å². The molecule has 0 spiro atoms. The number of aromatic nitrogens is 1. The minimum absolute atomic E-state index is 0.347. The second-order valence-corrected chi connectivity index (χ2v) is 2.60. The number of hydrogen-bond donors (Lipinski definition) is 1. The molecule has 2 heteroatoms. The van der Waals surface area contributed by atoms with Gasteiger partial charge in [0.25, 0.3) is 0 Å². The monoisotopic (exact) mass is 184 g/mol. The molecule has 0 aliphatic heterocycles. The third-order valence-corrected chi connectivity index (χ3v) is 1.63. The average Bonchev–Trinajstić information content (AvgIpc) is 2.30. The summed E-state index contributed by atoms with van der Waals surface area (Å²) in [7, 11) is 0. The molecular formula is C12H12N2. The molecule has 2 rings (SSSR count). The summed E-state index contributed by atoms with van der Waals surface area (Å²) in [5, 5.41) is 1.20. The van der Waals surface area contributed by atoms with Gasteiger partial charge in [-0.3, -0.25) is 4.98 Å². The van der Waals surface area contributed by atoms with Crippen LogP contribution in [0.2, 0.25) is 0 Å². The average molecular weight is 184 g/mol. The van der Waals surface area contributed by atoms with Crippen LogP contribution in [0.3, 0.4) is 0 Å². The first kappa shape index (κ1) is 10.2. The van der Waals surface area contributed by atoms with Gasteiger partial charge in [0.2, 0.25) is 0 Å². The lowest BCUT2D eigenvalue weighted by Gasteiger charge is -1.91. The van der Waals surface area contributed by atoms with Crippen LogP contribution in [0.15, 0.2) is 42.6 Å².